The van der Waals surface area contributed by atoms with E-state index in [1.165, 1.54) is 28.8 Å². The standard InChI is InChI=1S/C31H31ClFN5O3/c1-6-25(40)36-13-14-37(19(5)16-36)29-21-15-22(32)27(26-23(33)11-8-12-24(26)39)34-30(21)38(31(41)35-29)28-18(4)9-7-10-20(28)17(2)3/h6-12,15,17,19,39H,1,13-14,16H2,2-5H3. The smallest absolute Gasteiger partial charge is 0.355 e. The van der Waals surface area contributed by atoms with Crippen molar-refractivity contribution in [2.75, 3.05) is 24.5 Å². The molecule has 1 N–H and O–H groups in total. The van der Waals surface area contributed by atoms with Gasteiger partial charge in [0.05, 0.1) is 27.4 Å². The predicted octanol–water partition coefficient (Wildman–Crippen LogP) is 5.60. The molecule has 1 fully saturated rings. The summed E-state index contributed by atoms with van der Waals surface area (Å²) in [5.74, 6) is -0.735. The lowest BCUT2D eigenvalue weighted by molar-refractivity contribution is -0.126. The Morgan fingerprint density at radius 1 is 1.20 bits per heavy atom. The number of aryl methyl sites for hydroxylation is 1. The number of carbonyl (C=O) groups is 1. The number of hydrogen-bond donors (Lipinski definition) is 1. The number of amides is 1. The third kappa shape index (κ3) is 4.95. The van der Waals surface area contributed by atoms with E-state index < -0.39 is 11.5 Å². The number of anilines is 1. The number of carbonyl (C=O) groups excluding carboxylic acids is 1. The minimum absolute atomic E-state index is 0.00851. The number of phenols is 1. The van der Waals surface area contributed by atoms with Crippen LogP contribution >= 0.6 is 11.6 Å². The van der Waals surface area contributed by atoms with Crippen LogP contribution < -0.4 is 10.6 Å². The van der Waals surface area contributed by atoms with E-state index >= 15 is 4.39 Å². The monoisotopic (exact) mass is 575 g/mol. The van der Waals surface area contributed by atoms with Gasteiger partial charge in [-0.05, 0) is 55.2 Å². The first kappa shape index (κ1) is 28.3. The SMILES string of the molecule is C=CC(=O)N1CCN(c2nc(=O)n(-c3c(C)cccc3C(C)C)c3nc(-c4c(O)cccc4F)c(Cl)cc23)C(C)C1. The van der Waals surface area contributed by atoms with Gasteiger partial charge >= 0.3 is 5.69 Å². The molecule has 1 saturated heterocycles. The van der Waals surface area contributed by atoms with Gasteiger partial charge in [0, 0.05) is 25.7 Å². The maximum atomic E-state index is 15.0. The summed E-state index contributed by atoms with van der Waals surface area (Å²) in [5.41, 5.74) is 1.93. The van der Waals surface area contributed by atoms with E-state index in [0.717, 1.165) is 11.1 Å². The van der Waals surface area contributed by atoms with Gasteiger partial charge in [-0.2, -0.15) is 4.98 Å². The molecule has 3 heterocycles. The summed E-state index contributed by atoms with van der Waals surface area (Å²) in [7, 11) is 0. The van der Waals surface area contributed by atoms with Crippen molar-refractivity contribution < 1.29 is 14.3 Å². The quantitative estimate of drug-likeness (QED) is 0.311. The third-order valence-corrected chi connectivity index (χ3v) is 7.82. The van der Waals surface area contributed by atoms with Crippen LogP contribution in [0.15, 0.2) is 59.9 Å². The largest absolute Gasteiger partial charge is 0.507 e. The molecule has 4 aromatic rings. The number of fused-ring (bicyclic) bond motifs is 1. The minimum Gasteiger partial charge on any atom is -0.507 e. The zero-order chi connectivity index (χ0) is 29.6. The second-order valence-electron chi connectivity index (χ2n) is 10.6. The van der Waals surface area contributed by atoms with Crippen molar-refractivity contribution in [3.63, 3.8) is 0 Å². The van der Waals surface area contributed by atoms with Crippen LogP contribution in [0.25, 0.3) is 28.0 Å². The Morgan fingerprint density at radius 2 is 1.93 bits per heavy atom. The number of para-hydroxylation sites is 1. The van der Waals surface area contributed by atoms with Crippen LogP contribution in [-0.4, -0.2) is 56.1 Å². The molecule has 1 aliphatic heterocycles. The molecule has 0 bridgehead atoms. The molecule has 10 heteroatoms. The summed E-state index contributed by atoms with van der Waals surface area (Å²) in [4.78, 5) is 39.2. The Labute approximate surface area is 242 Å². The van der Waals surface area contributed by atoms with E-state index in [9.17, 15) is 14.7 Å². The molecule has 0 radical (unpaired) electrons. The van der Waals surface area contributed by atoms with E-state index in [2.05, 4.69) is 11.6 Å². The summed E-state index contributed by atoms with van der Waals surface area (Å²) in [5, 5.41) is 11.1. The molecule has 5 rings (SSSR count). The van der Waals surface area contributed by atoms with Gasteiger partial charge in [-0.1, -0.05) is 56.3 Å². The average Bonchev–Trinajstić information content (AvgIpc) is 2.93. The maximum Gasteiger partial charge on any atom is 0.355 e. The van der Waals surface area contributed by atoms with Crippen molar-refractivity contribution >= 4 is 34.4 Å². The van der Waals surface area contributed by atoms with Crippen LogP contribution in [-0.2, 0) is 4.79 Å². The van der Waals surface area contributed by atoms with Crippen LogP contribution in [0.3, 0.4) is 0 Å². The first-order valence-electron chi connectivity index (χ1n) is 13.4. The number of benzene rings is 2. The summed E-state index contributed by atoms with van der Waals surface area (Å²) in [6, 6.07) is 11.2. The Balaban J connectivity index is 1.83. The molecule has 2 aromatic heterocycles. The van der Waals surface area contributed by atoms with Crippen LogP contribution in [0.5, 0.6) is 5.75 Å². The van der Waals surface area contributed by atoms with Crippen molar-refractivity contribution in [3.05, 3.63) is 87.6 Å². The highest BCUT2D eigenvalue weighted by Crippen LogP contribution is 2.39. The normalized spacial score (nSPS) is 15.5. The van der Waals surface area contributed by atoms with Crippen molar-refractivity contribution in [2.24, 2.45) is 0 Å². The van der Waals surface area contributed by atoms with Gasteiger partial charge < -0.3 is 14.9 Å². The first-order valence-corrected chi connectivity index (χ1v) is 13.8. The van der Waals surface area contributed by atoms with Gasteiger partial charge in [0.15, 0.2) is 5.65 Å². The number of aromatic nitrogens is 3. The number of hydrogen-bond acceptors (Lipinski definition) is 6. The fraction of sp³-hybridized carbons (Fsp3) is 0.290. The Hall–Kier alpha value is -4.24. The maximum absolute atomic E-state index is 15.0. The van der Waals surface area contributed by atoms with Gasteiger partial charge in [0.25, 0.3) is 0 Å². The number of phenolic OH excluding ortho intramolecular Hbond substituents is 1. The topological polar surface area (TPSA) is 91.6 Å². The first-order chi connectivity index (χ1) is 19.5. The summed E-state index contributed by atoms with van der Waals surface area (Å²) in [6.07, 6.45) is 1.29. The molecule has 1 amide bonds. The van der Waals surface area contributed by atoms with Gasteiger partial charge in [0.2, 0.25) is 5.91 Å². The molecule has 1 unspecified atom stereocenters. The van der Waals surface area contributed by atoms with Crippen LogP contribution in [0.2, 0.25) is 5.02 Å². The summed E-state index contributed by atoms with van der Waals surface area (Å²) < 4.78 is 16.5. The van der Waals surface area contributed by atoms with Gasteiger partial charge in [-0.25, -0.2) is 18.7 Å². The number of nitrogens with zero attached hydrogens (tertiary/aromatic N) is 5. The molecule has 8 nitrogen and oxygen atoms in total. The van der Waals surface area contributed by atoms with Crippen molar-refractivity contribution in [2.45, 2.75) is 39.7 Å². The van der Waals surface area contributed by atoms with Crippen molar-refractivity contribution in [3.8, 4) is 22.7 Å². The Morgan fingerprint density at radius 3 is 2.59 bits per heavy atom. The van der Waals surface area contributed by atoms with E-state index in [4.69, 9.17) is 16.6 Å². The molecule has 1 aliphatic rings. The molecular formula is C31H31ClFN5O3. The van der Waals surface area contributed by atoms with Crippen molar-refractivity contribution in [1.29, 1.82) is 0 Å². The highest BCUT2D eigenvalue weighted by atomic mass is 35.5. The number of piperazine rings is 1. The molecule has 0 spiro atoms. The lowest BCUT2D eigenvalue weighted by Gasteiger charge is -2.40. The number of aromatic hydroxyl groups is 1. The van der Waals surface area contributed by atoms with Gasteiger partial charge in [-0.3, -0.25) is 4.79 Å². The predicted molar refractivity (Wildman–Crippen MR) is 160 cm³/mol. The third-order valence-electron chi connectivity index (χ3n) is 7.53. The number of halogens is 2. The molecule has 1 atom stereocenters. The highest BCUT2D eigenvalue weighted by molar-refractivity contribution is 6.34. The fourth-order valence-electron chi connectivity index (χ4n) is 5.50. The molecular weight excluding hydrogens is 545 g/mol. The van der Waals surface area contributed by atoms with E-state index in [-0.39, 0.29) is 45.5 Å². The van der Waals surface area contributed by atoms with E-state index in [0.29, 0.717) is 36.5 Å². The van der Waals surface area contributed by atoms with Gasteiger partial charge in [0.1, 0.15) is 17.4 Å². The lowest BCUT2D eigenvalue weighted by Crippen LogP contribution is -2.54. The fourth-order valence-corrected chi connectivity index (χ4v) is 5.75. The summed E-state index contributed by atoms with van der Waals surface area (Å²) in [6.45, 7) is 12.7. The molecule has 212 valence electrons. The van der Waals surface area contributed by atoms with Crippen molar-refractivity contribution in [1.82, 2.24) is 19.4 Å². The van der Waals surface area contributed by atoms with Crippen LogP contribution in [0, 0.1) is 12.7 Å². The minimum atomic E-state index is -0.697. The highest BCUT2D eigenvalue weighted by Gasteiger charge is 2.30. The Bertz CT molecular complexity index is 1730. The number of rotatable bonds is 5. The molecule has 0 saturated carbocycles. The molecule has 2 aromatic carbocycles. The average molecular weight is 576 g/mol. The van der Waals surface area contributed by atoms with E-state index in [1.807, 2.05) is 50.8 Å². The Kier molecular flexibility index (Phi) is 7.57. The van der Waals surface area contributed by atoms with Crippen LogP contribution in [0.4, 0.5) is 10.2 Å². The molecule has 41 heavy (non-hydrogen) atoms. The zero-order valence-electron chi connectivity index (χ0n) is 23.4. The van der Waals surface area contributed by atoms with E-state index in [1.54, 1.807) is 11.0 Å². The lowest BCUT2D eigenvalue weighted by atomic mass is 9.98. The second kappa shape index (κ2) is 11.0. The number of pyridine rings is 1. The van der Waals surface area contributed by atoms with Gasteiger partial charge in [-0.15, -0.1) is 0 Å². The second-order valence-corrected chi connectivity index (χ2v) is 11.0. The van der Waals surface area contributed by atoms with Crippen LogP contribution in [0.1, 0.15) is 37.8 Å². The zero-order valence-corrected chi connectivity index (χ0v) is 24.1. The summed E-state index contributed by atoms with van der Waals surface area (Å²) >= 11 is 6.73. The molecule has 0 aliphatic carbocycles.